The number of carbonyl (C=O) groups excluding carboxylic acids is 7. The Balaban J connectivity index is 0.000000228. The van der Waals surface area contributed by atoms with Gasteiger partial charge in [-0.05, 0) is 35.4 Å². The fraction of sp³-hybridized carbons (Fsp3) is 0.269. The highest BCUT2D eigenvalue weighted by atomic mass is 35.5. The van der Waals surface area contributed by atoms with Gasteiger partial charge in [-0.15, -0.1) is 34.8 Å². The molecule has 0 bridgehead atoms. The lowest BCUT2D eigenvalue weighted by atomic mass is 10.1. The third-order valence-electron chi connectivity index (χ3n) is 5.30. The molecule has 0 fully saturated rings. The van der Waals surface area contributed by atoms with Gasteiger partial charge in [-0.25, -0.2) is 14.5 Å². The van der Waals surface area contributed by atoms with Crippen molar-refractivity contribution in [3.05, 3.63) is 58.7 Å². The average Bonchev–Trinajstić information content (AvgIpc) is 3.52. The lowest BCUT2D eigenvalue weighted by Gasteiger charge is -2.14. The summed E-state index contributed by atoms with van der Waals surface area (Å²) >= 11 is 15.4. The Morgan fingerprint density at radius 2 is 1.32 bits per heavy atom. The zero-order valence-electron chi connectivity index (χ0n) is 21.7. The second kappa shape index (κ2) is 15.7. The number of ether oxygens (including phenoxy) is 3. The van der Waals surface area contributed by atoms with Crippen molar-refractivity contribution in [2.24, 2.45) is 0 Å². The minimum atomic E-state index is -0.776. The Morgan fingerprint density at radius 1 is 0.780 bits per heavy atom. The molecule has 2 aromatic rings. The number of alkyl halides is 3. The van der Waals surface area contributed by atoms with Crippen molar-refractivity contribution in [3.63, 3.8) is 0 Å². The summed E-state index contributed by atoms with van der Waals surface area (Å²) < 4.78 is 13.2. The predicted molar refractivity (Wildman–Crippen MR) is 147 cm³/mol. The first-order chi connectivity index (χ1) is 19.5. The van der Waals surface area contributed by atoms with E-state index in [0.717, 1.165) is 10.5 Å². The maximum atomic E-state index is 11.7. The fourth-order valence-electron chi connectivity index (χ4n) is 3.52. The van der Waals surface area contributed by atoms with Gasteiger partial charge in [0.2, 0.25) is 17.7 Å². The predicted octanol–water partition coefficient (Wildman–Crippen LogP) is 2.63. The number of methoxy groups -OCH3 is 2. The summed E-state index contributed by atoms with van der Waals surface area (Å²) in [5, 5.41) is 2.67. The highest BCUT2D eigenvalue weighted by Gasteiger charge is 2.32. The number of nitrogens with zero attached hydrogens (tertiary/aromatic N) is 1. The number of rotatable bonds is 5. The van der Waals surface area contributed by atoms with E-state index < -0.39 is 29.8 Å². The van der Waals surface area contributed by atoms with Gasteiger partial charge in [0.05, 0.1) is 43.9 Å². The molecule has 218 valence electrons. The van der Waals surface area contributed by atoms with Crippen molar-refractivity contribution in [2.75, 3.05) is 42.1 Å². The molecule has 0 aromatic heterocycles. The molecular weight excluding hydrogens is 607 g/mol. The summed E-state index contributed by atoms with van der Waals surface area (Å²) in [5.41, 5.74) is 3.48. The summed E-state index contributed by atoms with van der Waals surface area (Å²) in [6.07, 6.45) is 0.524. The molecule has 2 aliphatic rings. The van der Waals surface area contributed by atoms with Gasteiger partial charge >= 0.3 is 23.9 Å². The highest BCUT2D eigenvalue weighted by Crippen LogP contribution is 2.30. The Kier molecular flexibility index (Phi) is 12.7. The van der Waals surface area contributed by atoms with Gasteiger partial charge in [0, 0.05) is 5.69 Å². The lowest BCUT2D eigenvalue weighted by Crippen LogP contribution is -2.34. The molecule has 15 heteroatoms. The maximum absolute atomic E-state index is 11.7. The van der Waals surface area contributed by atoms with Crippen LogP contribution in [0.3, 0.4) is 0 Å². The third-order valence-corrected chi connectivity index (χ3v) is 5.97. The van der Waals surface area contributed by atoms with Gasteiger partial charge in [0.1, 0.15) is 17.6 Å². The zero-order valence-corrected chi connectivity index (χ0v) is 23.9. The number of amides is 3. The number of anilines is 2. The van der Waals surface area contributed by atoms with E-state index >= 15 is 0 Å². The zero-order chi connectivity index (χ0) is 30.7. The average molecular weight is 630 g/mol. The minimum absolute atomic E-state index is 0.0398. The quantitative estimate of drug-likeness (QED) is 0.225. The molecular formula is C26H23Cl3N2O10. The van der Waals surface area contributed by atoms with Crippen LogP contribution in [0.2, 0.25) is 0 Å². The molecule has 2 heterocycles. The van der Waals surface area contributed by atoms with E-state index in [1.54, 1.807) is 30.3 Å². The van der Waals surface area contributed by atoms with E-state index in [1.165, 1.54) is 20.3 Å². The van der Waals surface area contributed by atoms with Crippen LogP contribution in [0.4, 0.5) is 11.4 Å². The SMILES string of the molecule is COC(=O)c1ccc2c(c1)N(C(=O)CCl)C(=O)C2.COC(=O)c1ccc2c(c1)NC(=O)C2.O=C(CCl)OC(=O)CCl. The summed E-state index contributed by atoms with van der Waals surface area (Å²) in [7, 11) is 2.59. The van der Waals surface area contributed by atoms with Gasteiger partial charge in [0.15, 0.2) is 0 Å². The first-order valence-corrected chi connectivity index (χ1v) is 13.1. The molecule has 41 heavy (non-hydrogen) atoms. The van der Waals surface area contributed by atoms with Crippen molar-refractivity contribution >= 4 is 87.8 Å². The molecule has 3 amide bonds. The molecule has 0 saturated carbocycles. The molecule has 0 atom stereocenters. The fourth-order valence-corrected chi connectivity index (χ4v) is 3.75. The van der Waals surface area contributed by atoms with Gasteiger partial charge in [-0.1, -0.05) is 12.1 Å². The Morgan fingerprint density at radius 3 is 1.83 bits per heavy atom. The second-order valence-electron chi connectivity index (χ2n) is 7.97. The smallest absolute Gasteiger partial charge is 0.337 e. The summed E-state index contributed by atoms with van der Waals surface area (Å²) in [5.74, 6) is -4.28. The number of benzene rings is 2. The van der Waals surface area contributed by atoms with Crippen molar-refractivity contribution < 1.29 is 47.8 Å². The summed E-state index contributed by atoms with van der Waals surface area (Å²) in [4.78, 5) is 78.2. The first kappa shape index (κ1) is 33.2. The standard InChI is InChI=1S/C12H10ClNO4.C10H9NO3.C4H4Cl2O3/c1-18-12(17)8-3-2-7-5-10(15)14(9(7)4-8)11(16)6-13;1-14-10(13)7-3-2-6-5-9(12)11-8(6)4-7;5-1-3(7)9-4(8)2-6/h2-4H,5-6H2,1H3;2-4H,5H2,1H3,(H,11,12);1-2H2. The molecule has 2 aliphatic heterocycles. The number of halogens is 3. The van der Waals surface area contributed by atoms with E-state index in [2.05, 4.69) is 19.5 Å². The number of esters is 4. The van der Waals surface area contributed by atoms with Crippen LogP contribution in [0.15, 0.2) is 36.4 Å². The topological polar surface area (TPSA) is 162 Å². The molecule has 0 unspecified atom stereocenters. The molecule has 0 aliphatic carbocycles. The summed E-state index contributed by atoms with van der Waals surface area (Å²) in [6, 6.07) is 9.72. The first-order valence-electron chi connectivity index (χ1n) is 11.5. The van der Waals surface area contributed by atoms with Crippen LogP contribution in [-0.4, -0.2) is 73.5 Å². The van der Waals surface area contributed by atoms with Crippen LogP contribution < -0.4 is 10.2 Å². The van der Waals surface area contributed by atoms with E-state index in [1.807, 2.05) is 0 Å². The second-order valence-corrected chi connectivity index (χ2v) is 8.77. The Labute approximate surface area is 248 Å². The molecule has 4 rings (SSSR count). The van der Waals surface area contributed by atoms with Gasteiger partial charge in [-0.2, -0.15) is 0 Å². The van der Waals surface area contributed by atoms with E-state index in [-0.39, 0.29) is 35.9 Å². The van der Waals surface area contributed by atoms with E-state index in [9.17, 15) is 33.6 Å². The van der Waals surface area contributed by atoms with Crippen LogP contribution >= 0.6 is 34.8 Å². The number of imide groups is 1. The molecule has 2 aromatic carbocycles. The highest BCUT2D eigenvalue weighted by molar-refractivity contribution is 6.34. The number of nitrogens with one attached hydrogen (secondary N) is 1. The normalized spacial score (nSPS) is 12.4. The minimum Gasteiger partial charge on any atom is -0.465 e. The third kappa shape index (κ3) is 9.00. The van der Waals surface area contributed by atoms with Crippen molar-refractivity contribution in [1.82, 2.24) is 0 Å². The molecule has 12 nitrogen and oxygen atoms in total. The van der Waals surface area contributed by atoms with Crippen molar-refractivity contribution in [1.29, 1.82) is 0 Å². The van der Waals surface area contributed by atoms with Crippen LogP contribution in [0.1, 0.15) is 31.8 Å². The largest absolute Gasteiger partial charge is 0.465 e. The van der Waals surface area contributed by atoms with Crippen LogP contribution in [-0.2, 0) is 51.0 Å². The van der Waals surface area contributed by atoms with Gasteiger partial charge < -0.3 is 19.5 Å². The summed E-state index contributed by atoms with van der Waals surface area (Å²) in [6.45, 7) is 0. The Hall–Kier alpha value is -4.00. The number of hydrogen-bond acceptors (Lipinski definition) is 10. The van der Waals surface area contributed by atoms with Crippen LogP contribution in [0.5, 0.6) is 0 Å². The van der Waals surface area contributed by atoms with Crippen LogP contribution in [0, 0.1) is 0 Å². The molecule has 1 N–H and O–H groups in total. The van der Waals surface area contributed by atoms with Gasteiger partial charge in [-0.3, -0.25) is 24.0 Å². The Bertz CT molecular complexity index is 1360. The van der Waals surface area contributed by atoms with Crippen LogP contribution in [0.25, 0.3) is 0 Å². The van der Waals surface area contributed by atoms with E-state index in [0.29, 0.717) is 34.5 Å². The molecule has 0 radical (unpaired) electrons. The van der Waals surface area contributed by atoms with E-state index in [4.69, 9.17) is 34.8 Å². The number of carbonyl (C=O) groups is 7. The van der Waals surface area contributed by atoms with Gasteiger partial charge in [0.25, 0.3) is 0 Å². The van der Waals surface area contributed by atoms with Crippen molar-refractivity contribution in [2.45, 2.75) is 12.8 Å². The number of fused-ring (bicyclic) bond motifs is 2. The monoisotopic (exact) mass is 628 g/mol. The molecule has 0 saturated heterocycles. The maximum Gasteiger partial charge on any atom is 0.337 e. The number of hydrogen-bond donors (Lipinski definition) is 1. The lowest BCUT2D eigenvalue weighted by molar-refractivity contribution is -0.156. The van der Waals surface area contributed by atoms with Crippen molar-refractivity contribution in [3.8, 4) is 0 Å². The molecule has 0 spiro atoms.